The van der Waals surface area contributed by atoms with E-state index in [1.807, 2.05) is 0 Å². The van der Waals surface area contributed by atoms with E-state index in [1.165, 1.54) is 0 Å². The van der Waals surface area contributed by atoms with Crippen LogP contribution >= 0.6 is 0 Å². The quantitative estimate of drug-likeness (QED) is 0.417. The second kappa shape index (κ2) is 6.82. The van der Waals surface area contributed by atoms with Gasteiger partial charge in [0, 0.05) is 6.54 Å². The van der Waals surface area contributed by atoms with Crippen LogP contribution in [0.2, 0.25) is 0 Å². The van der Waals surface area contributed by atoms with Gasteiger partial charge in [-0.25, -0.2) is 0 Å². The van der Waals surface area contributed by atoms with Crippen LogP contribution in [0.5, 0.6) is 0 Å². The maximum atomic E-state index is 11.0. The summed E-state index contributed by atoms with van der Waals surface area (Å²) in [6.45, 7) is 7.14. The first-order valence-corrected chi connectivity index (χ1v) is 5.96. The summed E-state index contributed by atoms with van der Waals surface area (Å²) in [5, 5.41) is 21.4. The lowest BCUT2D eigenvalue weighted by Gasteiger charge is -2.33. The number of β-amino-alcohol motifs (C(OH)–C–C–N with tert-alkyl or cyclic N) is 1. The van der Waals surface area contributed by atoms with Crippen molar-refractivity contribution in [2.24, 2.45) is 5.92 Å². The van der Waals surface area contributed by atoms with Gasteiger partial charge in [-0.05, 0) is 26.8 Å². The molecular weight excluding hydrogens is 236 g/mol. The molecule has 106 valence electrons. The number of hydrogen-bond acceptors (Lipinski definition) is 5. The fourth-order valence-electron chi connectivity index (χ4n) is 1.39. The van der Waals surface area contributed by atoms with E-state index in [0.717, 1.165) is 6.29 Å². The predicted octanol–water partition coefficient (Wildman–Crippen LogP) is -0.0871. The van der Waals surface area contributed by atoms with Crippen molar-refractivity contribution < 1.29 is 19.8 Å². The molecule has 2 unspecified atom stereocenters. The molecule has 0 fully saturated rings. The Kier molecular flexibility index (Phi) is 6.45. The zero-order valence-corrected chi connectivity index (χ0v) is 11.7. The van der Waals surface area contributed by atoms with Crippen LogP contribution in [0.15, 0.2) is 0 Å². The lowest BCUT2D eigenvalue weighted by Crippen LogP contribution is -2.53. The number of nitrogens with one attached hydrogen (secondary N) is 1. The van der Waals surface area contributed by atoms with Gasteiger partial charge in [0.05, 0.1) is 5.54 Å². The topological polar surface area (TPSA) is 89.9 Å². The fourth-order valence-corrected chi connectivity index (χ4v) is 1.39. The standard InChI is InChI=1S/C12H24N2O4/c1-8(2)10(11(17)18)13-9(16)6-14(5)12(3,4)7-15/h7-10,13,16H,6H2,1-5H3,(H,17,18). The van der Waals surface area contributed by atoms with Crippen molar-refractivity contribution in [1.82, 2.24) is 10.2 Å². The van der Waals surface area contributed by atoms with Crippen molar-refractivity contribution in [3.8, 4) is 0 Å². The zero-order valence-electron chi connectivity index (χ0n) is 11.7. The molecule has 0 aromatic rings. The second-order valence-electron chi connectivity index (χ2n) is 5.39. The minimum absolute atomic E-state index is 0.137. The van der Waals surface area contributed by atoms with Crippen LogP contribution in [0.25, 0.3) is 0 Å². The predicted molar refractivity (Wildman–Crippen MR) is 68.2 cm³/mol. The van der Waals surface area contributed by atoms with Crippen LogP contribution in [0.1, 0.15) is 27.7 Å². The first-order valence-electron chi connectivity index (χ1n) is 5.96. The number of hydrogen-bond donors (Lipinski definition) is 3. The Balaban J connectivity index is 4.46. The van der Waals surface area contributed by atoms with Crippen LogP contribution in [0.3, 0.4) is 0 Å². The van der Waals surface area contributed by atoms with Gasteiger partial charge in [-0.3, -0.25) is 15.0 Å². The van der Waals surface area contributed by atoms with E-state index >= 15 is 0 Å². The van der Waals surface area contributed by atoms with Crippen molar-refractivity contribution >= 4 is 12.3 Å². The van der Waals surface area contributed by atoms with E-state index in [9.17, 15) is 14.7 Å². The van der Waals surface area contributed by atoms with Gasteiger partial charge >= 0.3 is 5.97 Å². The normalized spacial score (nSPS) is 15.8. The number of aliphatic carboxylic acids is 1. The average Bonchev–Trinajstić information content (AvgIpc) is 2.24. The van der Waals surface area contributed by atoms with Crippen molar-refractivity contribution in [2.45, 2.75) is 45.5 Å². The number of likely N-dealkylation sites (N-methyl/N-ethyl adjacent to an activating group) is 1. The Bertz CT molecular complexity index is 292. The summed E-state index contributed by atoms with van der Waals surface area (Å²) >= 11 is 0. The van der Waals surface area contributed by atoms with Gasteiger partial charge in [0.2, 0.25) is 0 Å². The smallest absolute Gasteiger partial charge is 0.321 e. The van der Waals surface area contributed by atoms with Gasteiger partial charge in [0.25, 0.3) is 0 Å². The minimum Gasteiger partial charge on any atom is -0.480 e. The fraction of sp³-hybridized carbons (Fsp3) is 0.833. The molecule has 3 N–H and O–H groups in total. The molecule has 6 nitrogen and oxygen atoms in total. The average molecular weight is 260 g/mol. The summed E-state index contributed by atoms with van der Waals surface area (Å²) in [5.41, 5.74) is -0.695. The Morgan fingerprint density at radius 3 is 2.28 bits per heavy atom. The summed E-state index contributed by atoms with van der Waals surface area (Å²) in [7, 11) is 1.70. The number of carbonyl (C=O) groups excluding carboxylic acids is 1. The minimum atomic E-state index is -1.00. The molecule has 0 saturated heterocycles. The van der Waals surface area contributed by atoms with E-state index < -0.39 is 23.8 Å². The largest absolute Gasteiger partial charge is 0.480 e. The molecule has 18 heavy (non-hydrogen) atoms. The molecule has 0 saturated carbocycles. The molecule has 0 aliphatic heterocycles. The third kappa shape index (κ3) is 5.12. The molecule has 0 spiro atoms. The van der Waals surface area contributed by atoms with Crippen LogP contribution in [-0.4, -0.2) is 58.8 Å². The maximum Gasteiger partial charge on any atom is 0.321 e. The molecular formula is C12H24N2O4. The van der Waals surface area contributed by atoms with E-state index in [2.05, 4.69) is 5.32 Å². The Morgan fingerprint density at radius 1 is 1.44 bits per heavy atom. The molecule has 0 aromatic heterocycles. The van der Waals surface area contributed by atoms with Crippen molar-refractivity contribution in [2.75, 3.05) is 13.6 Å². The van der Waals surface area contributed by atoms with Gasteiger partial charge < -0.3 is 15.0 Å². The summed E-state index contributed by atoms with van der Waals surface area (Å²) in [6.07, 6.45) is -0.214. The highest BCUT2D eigenvalue weighted by atomic mass is 16.4. The molecule has 6 heteroatoms. The number of rotatable bonds is 8. The number of carboxylic acid groups (broad SMARTS) is 1. The zero-order chi connectivity index (χ0) is 14.5. The van der Waals surface area contributed by atoms with E-state index in [0.29, 0.717) is 0 Å². The first kappa shape index (κ1) is 17.0. The number of carbonyl (C=O) groups is 2. The lowest BCUT2D eigenvalue weighted by molar-refractivity contribution is -0.142. The van der Waals surface area contributed by atoms with E-state index in [1.54, 1.807) is 39.6 Å². The van der Waals surface area contributed by atoms with Crippen molar-refractivity contribution in [3.05, 3.63) is 0 Å². The third-order valence-corrected chi connectivity index (χ3v) is 3.02. The summed E-state index contributed by atoms with van der Waals surface area (Å²) in [6, 6.07) is -0.812. The molecule has 0 aliphatic rings. The first-order chi connectivity index (χ1) is 8.11. The molecule has 0 rings (SSSR count). The summed E-state index contributed by atoms with van der Waals surface area (Å²) in [4.78, 5) is 23.5. The van der Waals surface area contributed by atoms with Gasteiger partial charge in [-0.15, -0.1) is 0 Å². The highest BCUT2D eigenvalue weighted by Crippen LogP contribution is 2.09. The van der Waals surface area contributed by atoms with Crippen LogP contribution < -0.4 is 5.32 Å². The molecule has 0 amide bonds. The summed E-state index contributed by atoms with van der Waals surface area (Å²) in [5.74, 6) is -1.14. The molecule has 0 radical (unpaired) electrons. The van der Waals surface area contributed by atoms with Gasteiger partial charge in [0.1, 0.15) is 18.6 Å². The number of carboxylic acids is 1. The molecule has 0 heterocycles. The molecule has 0 bridgehead atoms. The lowest BCUT2D eigenvalue weighted by atomic mass is 10.0. The molecule has 2 atom stereocenters. The summed E-state index contributed by atoms with van der Waals surface area (Å²) < 4.78 is 0. The number of aliphatic hydroxyl groups excluding tert-OH is 1. The Morgan fingerprint density at radius 2 is 1.94 bits per heavy atom. The van der Waals surface area contributed by atoms with Gasteiger partial charge in [-0.1, -0.05) is 13.8 Å². The third-order valence-electron chi connectivity index (χ3n) is 3.02. The van der Waals surface area contributed by atoms with Crippen molar-refractivity contribution in [3.63, 3.8) is 0 Å². The number of aldehydes is 1. The van der Waals surface area contributed by atoms with Crippen LogP contribution in [-0.2, 0) is 9.59 Å². The number of nitrogens with zero attached hydrogens (tertiary/aromatic N) is 1. The van der Waals surface area contributed by atoms with Crippen LogP contribution in [0.4, 0.5) is 0 Å². The van der Waals surface area contributed by atoms with Crippen LogP contribution in [0, 0.1) is 5.92 Å². The molecule has 0 aliphatic carbocycles. The SMILES string of the molecule is CC(C)C(NC(O)CN(C)C(C)(C)C=O)C(=O)O. The van der Waals surface area contributed by atoms with Gasteiger partial charge in [0.15, 0.2) is 0 Å². The Hall–Kier alpha value is -0.980. The van der Waals surface area contributed by atoms with E-state index in [4.69, 9.17) is 5.11 Å². The highest BCUT2D eigenvalue weighted by Gasteiger charge is 2.28. The van der Waals surface area contributed by atoms with Gasteiger partial charge in [-0.2, -0.15) is 0 Å². The van der Waals surface area contributed by atoms with E-state index in [-0.39, 0.29) is 12.5 Å². The molecule has 0 aromatic carbocycles. The van der Waals surface area contributed by atoms with Crippen molar-refractivity contribution in [1.29, 1.82) is 0 Å². The maximum absolute atomic E-state index is 11.0. The highest BCUT2D eigenvalue weighted by molar-refractivity contribution is 5.73. The Labute approximate surface area is 108 Å². The number of aliphatic hydroxyl groups is 1. The monoisotopic (exact) mass is 260 g/mol. The second-order valence-corrected chi connectivity index (χ2v) is 5.39.